The number of rotatable bonds is 4. The van der Waals surface area contributed by atoms with E-state index < -0.39 is 6.10 Å². The highest BCUT2D eigenvalue weighted by Gasteiger charge is 2.11. The van der Waals surface area contributed by atoms with E-state index in [9.17, 15) is 9.50 Å². The third kappa shape index (κ3) is 3.78. The molecule has 5 heteroatoms. The van der Waals surface area contributed by atoms with E-state index in [0.717, 1.165) is 10.0 Å². The van der Waals surface area contributed by atoms with E-state index in [1.165, 1.54) is 6.07 Å². The van der Waals surface area contributed by atoms with Crippen molar-refractivity contribution in [2.45, 2.75) is 6.10 Å². The number of hydrogen-bond acceptors (Lipinski definition) is 2. The van der Waals surface area contributed by atoms with Crippen LogP contribution in [0.3, 0.4) is 0 Å². The lowest BCUT2D eigenvalue weighted by molar-refractivity contribution is 0.191. The number of anilines is 1. The van der Waals surface area contributed by atoms with Gasteiger partial charge in [0, 0.05) is 15.5 Å². The highest BCUT2D eigenvalue weighted by molar-refractivity contribution is 9.10. The lowest BCUT2D eigenvalue weighted by Crippen LogP contribution is -2.13. The van der Waals surface area contributed by atoms with Crippen molar-refractivity contribution in [2.24, 2.45) is 0 Å². The van der Waals surface area contributed by atoms with Gasteiger partial charge in [-0.3, -0.25) is 0 Å². The van der Waals surface area contributed by atoms with Crippen molar-refractivity contribution >= 4 is 37.5 Å². The average Bonchev–Trinajstić information content (AvgIpc) is 2.38. The quantitative estimate of drug-likeness (QED) is 0.808. The fourth-order valence-corrected chi connectivity index (χ4v) is 2.60. The second-order valence-electron chi connectivity index (χ2n) is 4.05. The van der Waals surface area contributed by atoms with Crippen LogP contribution in [0.5, 0.6) is 0 Å². The van der Waals surface area contributed by atoms with E-state index in [-0.39, 0.29) is 12.4 Å². The molecule has 0 aliphatic heterocycles. The first-order valence-corrected chi connectivity index (χ1v) is 7.28. The summed E-state index contributed by atoms with van der Waals surface area (Å²) in [4.78, 5) is 0. The molecule has 0 bridgehead atoms. The Morgan fingerprint density at radius 2 is 1.89 bits per heavy atom. The predicted octanol–water partition coefficient (Wildman–Crippen LogP) is 4.50. The van der Waals surface area contributed by atoms with E-state index in [1.807, 2.05) is 24.3 Å². The van der Waals surface area contributed by atoms with Gasteiger partial charge in [-0.2, -0.15) is 0 Å². The molecular weight excluding hydrogens is 377 g/mol. The van der Waals surface area contributed by atoms with Gasteiger partial charge in [0.05, 0.1) is 11.8 Å². The maximum atomic E-state index is 13.6. The van der Waals surface area contributed by atoms with E-state index >= 15 is 0 Å². The zero-order chi connectivity index (χ0) is 13.8. The number of benzene rings is 2. The van der Waals surface area contributed by atoms with Gasteiger partial charge in [-0.25, -0.2) is 4.39 Å². The average molecular weight is 389 g/mol. The zero-order valence-electron chi connectivity index (χ0n) is 9.91. The summed E-state index contributed by atoms with van der Waals surface area (Å²) in [5.74, 6) is -0.351. The van der Waals surface area contributed by atoms with Gasteiger partial charge in [0.2, 0.25) is 0 Å². The minimum absolute atomic E-state index is 0.232. The number of aliphatic hydroxyl groups excluding tert-OH is 1. The predicted molar refractivity (Wildman–Crippen MR) is 81.7 cm³/mol. The summed E-state index contributed by atoms with van der Waals surface area (Å²) in [6.07, 6.45) is -0.705. The van der Waals surface area contributed by atoms with Crippen molar-refractivity contribution in [3.8, 4) is 0 Å². The van der Waals surface area contributed by atoms with Crippen LogP contribution in [0.15, 0.2) is 51.4 Å². The minimum Gasteiger partial charge on any atom is -0.387 e. The smallest absolute Gasteiger partial charge is 0.147 e. The normalized spacial score (nSPS) is 12.2. The third-order valence-corrected chi connectivity index (χ3v) is 3.82. The highest BCUT2D eigenvalue weighted by atomic mass is 79.9. The fourth-order valence-electron chi connectivity index (χ4n) is 1.70. The van der Waals surface area contributed by atoms with Gasteiger partial charge in [-0.1, -0.05) is 34.1 Å². The molecule has 0 fully saturated rings. The number of aliphatic hydroxyl groups is 1. The molecule has 1 atom stereocenters. The summed E-state index contributed by atoms with van der Waals surface area (Å²) in [6.45, 7) is 0.232. The number of para-hydroxylation sites is 1. The van der Waals surface area contributed by atoms with Gasteiger partial charge in [-0.05, 0) is 45.8 Å². The van der Waals surface area contributed by atoms with Crippen molar-refractivity contribution in [2.75, 3.05) is 11.9 Å². The largest absolute Gasteiger partial charge is 0.387 e. The SMILES string of the molecule is OC(CNc1c(F)cccc1Br)c1cccc(Br)c1. The Balaban J connectivity index is 2.06. The summed E-state index contributed by atoms with van der Waals surface area (Å²) in [7, 11) is 0. The third-order valence-electron chi connectivity index (χ3n) is 2.67. The Kier molecular flexibility index (Phi) is 4.96. The summed E-state index contributed by atoms with van der Waals surface area (Å²) in [5, 5.41) is 13.0. The lowest BCUT2D eigenvalue weighted by atomic mass is 10.1. The van der Waals surface area contributed by atoms with Crippen molar-refractivity contribution in [1.29, 1.82) is 0 Å². The molecule has 0 saturated heterocycles. The van der Waals surface area contributed by atoms with E-state index in [1.54, 1.807) is 12.1 Å². The van der Waals surface area contributed by atoms with Crippen molar-refractivity contribution in [3.63, 3.8) is 0 Å². The maximum absolute atomic E-state index is 13.6. The van der Waals surface area contributed by atoms with E-state index in [4.69, 9.17) is 0 Å². The van der Waals surface area contributed by atoms with E-state index in [2.05, 4.69) is 37.2 Å². The van der Waals surface area contributed by atoms with Gasteiger partial charge in [0.1, 0.15) is 5.82 Å². The summed E-state index contributed by atoms with van der Waals surface area (Å²) >= 11 is 6.62. The van der Waals surface area contributed by atoms with E-state index in [0.29, 0.717) is 10.2 Å². The molecule has 100 valence electrons. The monoisotopic (exact) mass is 387 g/mol. The standard InChI is InChI=1S/C14H12Br2FNO/c15-10-4-1-3-9(7-10)13(19)8-18-14-11(16)5-2-6-12(14)17/h1-7,13,18-19H,8H2. The second-order valence-corrected chi connectivity index (χ2v) is 5.82. The number of halogens is 3. The molecule has 0 radical (unpaired) electrons. The van der Waals surface area contributed by atoms with Crippen LogP contribution in [0.1, 0.15) is 11.7 Å². The molecule has 2 rings (SSSR count). The first kappa shape index (κ1) is 14.5. The van der Waals surface area contributed by atoms with Gasteiger partial charge in [0.15, 0.2) is 0 Å². The molecular formula is C14H12Br2FNO. The minimum atomic E-state index is -0.705. The van der Waals surface area contributed by atoms with Crippen LogP contribution >= 0.6 is 31.9 Å². The van der Waals surface area contributed by atoms with Crippen LogP contribution in [0.2, 0.25) is 0 Å². The van der Waals surface area contributed by atoms with Gasteiger partial charge >= 0.3 is 0 Å². The Bertz CT molecular complexity index is 557. The molecule has 19 heavy (non-hydrogen) atoms. The summed E-state index contributed by atoms with van der Waals surface area (Å²) in [6, 6.07) is 12.1. The van der Waals surface area contributed by atoms with Crippen LogP contribution in [-0.4, -0.2) is 11.7 Å². The van der Waals surface area contributed by atoms with Crippen LogP contribution in [0.25, 0.3) is 0 Å². The van der Waals surface area contributed by atoms with Crippen molar-refractivity contribution in [3.05, 3.63) is 62.8 Å². The molecule has 1 unspecified atom stereocenters. The van der Waals surface area contributed by atoms with Crippen LogP contribution in [-0.2, 0) is 0 Å². The van der Waals surface area contributed by atoms with Gasteiger partial charge in [-0.15, -0.1) is 0 Å². The molecule has 2 nitrogen and oxygen atoms in total. The van der Waals surface area contributed by atoms with Gasteiger partial charge in [0.25, 0.3) is 0 Å². The number of hydrogen-bond donors (Lipinski definition) is 2. The molecule has 0 heterocycles. The lowest BCUT2D eigenvalue weighted by Gasteiger charge is -2.15. The topological polar surface area (TPSA) is 32.3 Å². The van der Waals surface area contributed by atoms with Crippen molar-refractivity contribution < 1.29 is 9.50 Å². The highest BCUT2D eigenvalue weighted by Crippen LogP contribution is 2.26. The molecule has 0 aromatic heterocycles. The Hall–Kier alpha value is -0.910. The second kappa shape index (κ2) is 6.50. The first-order valence-electron chi connectivity index (χ1n) is 5.69. The van der Waals surface area contributed by atoms with Crippen LogP contribution in [0.4, 0.5) is 10.1 Å². The molecule has 2 aromatic rings. The Labute approximate surface area is 127 Å². The van der Waals surface area contributed by atoms with Crippen LogP contribution < -0.4 is 5.32 Å². The van der Waals surface area contributed by atoms with Crippen LogP contribution in [0, 0.1) is 5.82 Å². The molecule has 0 amide bonds. The maximum Gasteiger partial charge on any atom is 0.147 e. The molecule has 2 aromatic carbocycles. The number of nitrogens with one attached hydrogen (secondary N) is 1. The van der Waals surface area contributed by atoms with Gasteiger partial charge < -0.3 is 10.4 Å². The van der Waals surface area contributed by atoms with Crippen molar-refractivity contribution in [1.82, 2.24) is 0 Å². The fraction of sp³-hybridized carbons (Fsp3) is 0.143. The summed E-state index contributed by atoms with van der Waals surface area (Å²) in [5.41, 5.74) is 1.13. The Morgan fingerprint density at radius 3 is 2.58 bits per heavy atom. The summed E-state index contributed by atoms with van der Waals surface area (Å²) < 4.78 is 15.1. The zero-order valence-corrected chi connectivity index (χ0v) is 13.1. The Morgan fingerprint density at radius 1 is 1.16 bits per heavy atom. The molecule has 0 spiro atoms. The molecule has 0 aliphatic carbocycles. The molecule has 0 aliphatic rings. The molecule has 0 saturated carbocycles. The first-order chi connectivity index (χ1) is 9.08. The molecule has 2 N–H and O–H groups in total.